The van der Waals surface area contributed by atoms with Crippen LogP contribution in [0.5, 0.6) is 0 Å². The van der Waals surface area contributed by atoms with E-state index in [2.05, 4.69) is 20.8 Å². The number of nitrogens with zero attached hydrogens (tertiary/aromatic N) is 1. The van der Waals surface area contributed by atoms with Crippen molar-refractivity contribution in [3.8, 4) is 6.57 Å². The molecule has 0 N–H and O–H groups in total. The number of alkyl halides is 1. The van der Waals surface area contributed by atoms with E-state index in [1.165, 1.54) is 5.56 Å². The van der Waals surface area contributed by atoms with Crippen molar-refractivity contribution < 1.29 is 0 Å². The quantitative estimate of drug-likeness (QED) is 0.609. The van der Waals surface area contributed by atoms with Gasteiger partial charge in [0.15, 0.2) is 0 Å². The van der Waals surface area contributed by atoms with Crippen LogP contribution < -0.4 is 0 Å². The molecule has 0 saturated carbocycles. The molecule has 0 spiro atoms. The normalized spacial score (nSPS) is 8.80. The number of halogens is 1. The molecule has 0 radical (unpaired) electrons. The summed E-state index contributed by atoms with van der Waals surface area (Å²) in [5, 5.41) is 0.873. The minimum Gasteiger partial charge on any atom is -0.0876 e. The van der Waals surface area contributed by atoms with Crippen molar-refractivity contribution in [2.45, 2.75) is 5.33 Å². The summed E-state index contributed by atoms with van der Waals surface area (Å²) in [6.45, 7) is 5.05. The third-order valence-electron chi connectivity index (χ3n) is 1.24. The van der Waals surface area contributed by atoms with Gasteiger partial charge in [0.1, 0.15) is 0 Å². The second-order valence-electron chi connectivity index (χ2n) is 1.93. The number of benzene rings is 1. The van der Waals surface area contributed by atoms with E-state index in [0.29, 0.717) is 0 Å². The van der Waals surface area contributed by atoms with Crippen molar-refractivity contribution in [2.75, 3.05) is 0 Å². The number of hydrogen-bond donors (Lipinski definition) is 0. The van der Waals surface area contributed by atoms with Gasteiger partial charge in [-0.05, 0) is 10.4 Å². The molecule has 0 saturated heterocycles. The van der Waals surface area contributed by atoms with Crippen LogP contribution in [0.3, 0.4) is 0 Å². The van der Waals surface area contributed by atoms with Crippen LogP contribution in [0.4, 0.5) is 5.69 Å². The zero-order chi connectivity index (χ0) is 7.40. The molecule has 0 unspecified atom stereocenters. The lowest BCUT2D eigenvalue weighted by atomic mass is 10.2. The summed E-state index contributed by atoms with van der Waals surface area (Å²) in [6, 6.07) is 7.74. The maximum absolute atomic E-state index is 5.05. The first kappa shape index (κ1) is 7.30. The van der Waals surface area contributed by atoms with Crippen molar-refractivity contribution in [3.63, 3.8) is 0 Å². The van der Waals surface area contributed by atoms with Gasteiger partial charge in [0.2, 0.25) is 0 Å². The Hall–Kier alpha value is -0.810. The van der Waals surface area contributed by atoms with Gasteiger partial charge in [-0.2, -0.15) is 0 Å². The van der Waals surface area contributed by atoms with Gasteiger partial charge in [-0.3, -0.25) is 0 Å². The Morgan fingerprint density at radius 2 is 1.90 bits per heavy atom. The van der Waals surface area contributed by atoms with Crippen molar-refractivity contribution in [2.24, 2.45) is 0 Å². The average Bonchev–Trinajstić information content (AvgIpc) is 2.05. The molecule has 0 aliphatic rings. The van der Waals surface area contributed by atoms with Gasteiger partial charge in [-0.15, -0.1) is 0 Å². The fourth-order valence-corrected chi connectivity index (χ4v) is 1.04. The highest BCUT2D eigenvalue weighted by molar-refractivity contribution is 9.08. The van der Waals surface area contributed by atoms with Crippen LogP contribution in [-0.2, 0) is 5.33 Å². The summed E-state index contributed by atoms with van der Waals surface area (Å²) in [6.07, 6.45) is 0. The monoisotopic (exact) mass is 196 g/mol. The lowest BCUT2D eigenvalue weighted by molar-refractivity contribution is 1.44. The van der Waals surface area contributed by atoms with Crippen molar-refractivity contribution >= 4 is 21.6 Å². The van der Waals surface area contributed by atoms with E-state index in [-0.39, 0.29) is 0 Å². The minimum atomic E-state index is 0.810. The van der Waals surface area contributed by atoms with E-state index in [1.807, 2.05) is 24.3 Å². The maximum atomic E-state index is 5.05. The lowest BCUT2D eigenvalue weighted by Crippen LogP contribution is -1.72. The average molecular weight is 197 g/mol. The molecule has 1 nitrogen and oxygen atoms in total. The summed E-state index contributed by atoms with van der Waals surface area (Å²) in [5.74, 6) is 0. The highest BCUT2D eigenvalue weighted by Crippen LogP contribution is 2.13. The SMILES string of the molecule is C#[N+]c1ccc(CBr)cc1. The Morgan fingerprint density at radius 1 is 1.30 bits per heavy atom. The van der Waals surface area contributed by atoms with Gasteiger partial charge in [0, 0.05) is 17.5 Å². The molecule has 50 valence electrons. The van der Waals surface area contributed by atoms with Crippen LogP contribution >= 0.6 is 15.9 Å². The second-order valence-corrected chi connectivity index (χ2v) is 2.49. The molecule has 0 bridgehead atoms. The van der Waals surface area contributed by atoms with Gasteiger partial charge < -0.3 is 0 Å². The minimum absolute atomic E-state index is 0.810. The largest absolute Gasteiger partial charge is 0.339 e. The molecule has 1 rings (SSSR count). The first-order valence-corrected chi connectivity index (χ1v) is 4.05. The van der Waals surface area contributed by atoms with Crippen molar-refractivity contribution in [1.82, 2.24) is 0 Å². The molecule has 0 aliphatic heterocycles. The van der Waals surface area contributed by atoms with Crippen LogP contribution in [0.1, 0.15) is 5.56 Å². The van der Waals surface area contributed by atoms with Crippen molar-refractivity contribution in [1.29, 1.82) is 0 Å². The molecule has 1 aromatic carbocycles. The van der Waals surface area contributed by atoms with Crippen LogP contribution in [0.25, 0.3) is 4.85 Å². The van der Waals surface area contributed by atoms with E-state index < -0.39 is 0 Å². The number of hydrogen-bond acceptors (Lipinski definition) is 0. The Morgan fingerprint density at radius 3 is 2.30 bits per heavy atom. The summed E-state index contributed by atoms with van der Waals surface area (Å²) < 4.78 is 0. The lowest BCUT2D eigenvalue weighted by Gasteiger charge is -1.88. The molecular formula is C8H7BrN+. The Labute approximate surface area is 68.6 Å². The smallest absolute Gasteiger partial charge is 0.0876 e. The van der Waals surface area contributed by atoms with Crippen LogP contribution in [0.2, 0.25) is 0 Å². The fraction of sp³-hybridized carbons (Fsp3) is 0.125. The van der Waals surface area contributed by atoms with Gasteiger partial charge in [-0.1, -0.05) is 28.1 Å². The van der Waals surface area contributed by atoms with E-state index in [0.717, 1.165) is 11.0 Å². The zero-order valence-electron chi connectivity index (χ0n) is 5.42. The highest BCUT2D eigenvalue weighted by atomic mass is 79.9. The summed E-state index contributed by atoms with van der Waals surface area (Å²) in [5.41, 5.74) is 2.04. The molecule has 10 heavy (non-hydrogen) atoms. The van der Waals surface area contributed by atoms with E-state index >= 15 is 0 Å². The molecule has 0 heterocycles. The molecule has 0 amide bonds. The Kier molecular flexibility index (Phi) is 2.47. The first-order chi connectivity index (χ1) is 4.86. The molecule has 1 aromatic rings. The van der Waals surface area contributed by atoms with Gasteiger partial charge in [-0.25, -0.2) is 0 Å². The molecule has 0 aliphatic carbocycles. The molecule has 0 aromatic heterocycles. The van der Waals surface area contributed by atoms with Gasteiger partial charge >= 0.3 is 5.69 Å². The highest BCUT2D eigenvalue weighted by Gasteiger charge is 1.96. The summed E-state index contributed by atoms with van der Waals surface area (Å²) in [7, 11) is 0. The molecule has 0 atom stereocenters. The Bertz CT molecular complexity index is 245. The molecule has 2 heteroatoms. The third-order valence-corrected chi connectivity index (χ3v) is 1.89. The van der Waals surface area contributed by atoms with Crippen LogP contribution in [0.15, 0.2) is 24.3 Å². The summed E-state index contributed by atoms with van der Waals surface area (Å²) in [4.78, 5) is 3.53. The standard InChI is InChI=1S/C8H7BrN/c1-10-8-4-2-7(6-9)3-5-8/h1-5H,6H2/q+1. The Balaban J connectivity index is 2.93. The molecular weight excluding hydrogens is 190 g/mol. The topological polar surface area (TPSA) is 4.36 Å². The predicted molar refractivity (Wildman–Crippen MR) is 47.0 cm³/mol. The van der Waals surface area contributed by atoms with Gasteiger partial charge in [0.05, 0.1) is 0 Å². The fourth-order valence-electron chi connectivity index (χ4n) is 0.671. The van der Waals surface area contributed by atoms with Gasteiger partial charge in [0.25, 0.3) is 6.57 Å². The van der Waals surface area contributed by atoms with E-state index in [1.54, 1.807) is 0 Å². The zero-order valence-corrected chi connectivity index (χ0v) is 7.01. The first-order valence-electron chi connectivity index (χ1n) is 2.92. The van der Waals surface area contributed by atoms with Crippen LogP contribution in [0, 0.1) is 6.57 Å². The maximum Gasteiger partial charge on any atom is 0.339 e. The summed E-state index contributed by atoms with van der Waals surface area (Å²) >= 11 is 3.34. The third kappa shape index (κ3) is 1.58. The number of rotatable bonds is 1. The van der Waals surface area contributed by atoms with Crippen LogP contribution in [-0.4, -0.2) is 0 Å². The predicted octanol–water partition coefficient (Wildman–Crippen LogP) is 3.18. The second kappa shape index (κ2) is 3.38. The van der Waals surface area contributed by atoms with E-state index in [9.17, 15) is 0 Å². The van der Waals surface area contributed by atoms with Crippen molar-refractivity contribution in [3.05, 3.63) is 34.7 Å². The van der Waals surface area contributed by atoms with E-state index in [4.69, 9.17) is 6.57 Å². The molecule has 0 fully saturated rings.